The molecule has 2 amide bonds. The van der Waals surface area contributed by atoms with Crippen LogP contribution in [-0.2, 0) is 11.8 Å². The smallest absolute Gasteiger partial charge is 0.324 e. The third-order valence-corrected chi connectivity index (χ3v) is 5.52. The third kappa shape index (κ3) is 6.47. The average molecular weight is 470 g/mol. The van der Waals surface area contributed by atoms with Crippen molar-refractivity contribution in [2.75, 3.05) is 17.2 Å². The Kier molecular flexibility index (Phi) is 7.15. The number of rotatable bonds is 7. The molecule has 0 aliphatic carbocycles. The van der Waals surface area contributed by atoms with Crippen LogP contribution in [0.2, 0.25) is 0 Å². The van der Waals surface area contributed by atoms with E-state index in [0.717, 1.165) is 29.1 Å². The van der Waals surface area contributed by atoms with E-state index in [9.17, 15) is 4.79 Å². The van der Waals surface area contributed by atoms with E-state index in [1.54, 1.807) is 17.1 Å². The van der Waals surface area contributed by atoms with Crippen molar-refractivity contribution in [2.45, 2.75) is 39.5 Å². The Balaban J connectivity index is 1.39. The lowest BCUT2D eigenvalue weighted by molar-refractivity contribution is 0.262. The van der Waals surface area contributed by atoms with Crippen LogP contribution in [0.4, 0.5) is 16.3 Å². The van der Waals surface area contributed by atoms with E-state index in [1.807, 2.05) is 73.7 Å². The summed E-state index contributed by atoms with van der Waals surface area (Å²) in [5.41, 5.74) is 4.62. The minimum atomic E-state index is -0.343. The molecule has 7 nitrogen and oxygen atoms in total. The molecule has 0 spiro atoms. The van der Waals surface area contributed by atoms with Crippen LogP contribution in [0.1, 0.15) is 37.6 Å². The number of hydrogen-bond donors (Lipinski definition) is 2. The summed E-state index contributed by atoms with van der Waals surface area (Å²) in [5, 5.41) is 10.6. The zero-order valence-corrected chi connectivity index (χ0v) is 20.6. The van der Waals surface area contributed by atoms with E-state index in [1.165, 1.54) is 5.56 Å². The van der Waals surface area contributed by atoms with Gasteiger partial charge < -0.3 is 10.1 Å². The summed E-state index contributed by atoms with van der Waals surface area (Å²) < 4.78 is 7.58. The van der Waals surface area contributed by atoms with Crippen molar-refractivity contribution in [1.29, 1.82) is 0 Å². The molecule has 0 saturated heterocycles. The van der Waals surface area contributed by atoms with Crippen molar-refractivity contribution in [3.8, 4) is 11.4 Å². The minimum absolute atomic E-state index is 0.157. The summed E-state index contributed by atoms with van der Waals surface area (Å²) in [6.45, 7) is 8.89. The molecule has 0 fully saturated rings. The molecular weight excluding hydrogens is 438 g/mol. The number of pyridine rings is 1. The molecule has 2 aromatic heterocycles. The number of hydrogen-bond acceptors (Lipinski definition) is 4. The van der Waals surface area contributed by atoms with Crippen molar-refractivity contribution < 1.29 is 9.53 Å². The first kappa shape index (κ1) is 24.0. The molecule has 0 aliphatic heterocycles. The Morgan fingerprint density at radius 2 is 1.63 bits per heavy atom. The molecule has 2 N–H and O–H groups in total. The van der Waals surface area contributed by atoms with E-state index in [4.69, 9.17) is 9.84 Å². The fourth-order valence-electron chi connectivity index (χ4n) is 3.47. The highest BCUT2D eigenvalue weighted by Gasteiger charge is 2.21. The van der Waals surface area contributed by atoms with Gasteiger partial charge in [-0.05, 0) is 61.0 Å². The highest BCUT2D eigenvalue weighted by Crippen LogP contribution is 2.26. The van der Waals surface area contributed by atoms with Crippen molar-refractivity contribution >= 4 is 17.5 Å². The first-order chi connectivity index (χ1) is 16.8. The molecule has 0 radical (unpaired) electrons. The molecule has 2 heterocycles. The normalized spacial score (nSPS) is 11.2. The summed E-state index contributed by atoms with van der Waals surface area (Å²) >= 11 is 0. The van der Waals surface area contributed by atoms with Crippen LogP contribution in [0.5, 0.6) is 5.75 Å². The van der Waals surface area contributed by atoms with Gasteiger partial charge in [0.25, 0.3) is 0 Å². The van der Waals surface area contributed by atoms with E-state index in [2.05, 4.69) is 36.4 Å². The predicted molar refractivity (Wildman–Crippen MR) is 140 cm³/mol. The van der Waals surface area contributed by atoms with Crippen LogP contribution >= 0.6 is 0 Å². The first-order valence-electron chi connectivity index (χ1n) is 11.7. The average Bonchev–Trinajstić information content (AvgIpc) is 3.25. The number of ether oxygens (including phenoxy) is 1. The predicted octanol–water partition coefficient (Wildman–Crippen LogP) is 6.14. The van der Waals surface area contributed by atoms with Crippen LogP contribution in [0.3, 0.4) is 0 Å². The monoisotopic (exact) mass is 469 g/mol. The molecule has 0 aliphatic rings. The van der Waals surface area contributed by atoms with Crippen LogP contribution in [0, 0.1) is 6.92 Å². The van der Waals surface area contributed by atoms with Gasteiger partial charge in [0.1, 0.15) is 11.6 Å². The van der Waals surface area contributed by atoms with Gasteiger partial charge in [-0.2, -0.15) is 5.10 Å². The molecule has 180 valence electrons. The van der Waals surface area contributed by atoms with Gasteiger partial charge >= 0.3 is 6.03 Å². The third-order valence-electron chi connectivity index (χ3n) is 5.52. The van der Waals surface area contributed by atoms with Gasteiger partial charge in [-0.1, -0.05) is 38.5 Å². The van der Waals surface area contributed by atoms with Gasteiger partial charge in [-0.3, -0.25) is 10.3 Å². The number of anilines is 2. The van der Waals surface area contributed by atoms with Gasteiger partial charge in [0.15, 0.2) is 0 Å². The molecule has 2 aromatic carbocycles. The number of amides is 2. The number of carbonyl (C=O) groups excluding carboxylic acids is 1. The summed E-state index contributed by atoms with van der Waals surface area (Å²) in [6.07, 6.45) is 4.35. The zero-order valence-electron chi connectivity index (χ0n) is 20.6. The summed E-state index contributed by atoms with van der Waals surface area (Å²) in [7, 11) is 0. The van der Waals surface area contributed by atoms with Crippen LogP contribution in [-0.4, -0.2) is 27.4 Å². The van der Waals surface area contributed by atoms with Gasteiger partial charge in [-0.15, -0.1) is 0 Å². The van der Waals surface area contributed by atoms with Gasteiger partial charge in [0.2, 0.25) is 0 Å². The second kappa shape index (κ2) is 10.4. The lowest BCUT2D eigenvalue weighted by Crippen LogP contribution is -2.21. The van der Waals surface area contributed by atoms with Crippen molar-refractivity contribution in [3.05, 3.63) is 95.9 Å². The van der Waals surface area contributed by atoms with E-state index < -0.39 is 0 Å². The highest BCUT2D eigenvalue weighted by atomic mass is 16.5. The molecule has 0 unspecified atom stereocenters. The molecule has 7 heteroatoms. The molecular formula is C28H31N5O2. The molecule has 4 aromatic rings. The Morgan fingerprint density at radius 3 is 2.29 bits per heavy atom. The Hall–Kier alpha value is -4.13. The maximum absolute atomic E-state index is 12.8. The Labute approximate surface area is 206 Å². The van der Waals surface area contributed by atoms with Crippen LogP contribution < -0.4 is 15.4 Å². The number of aromatic nitrogens is 3. The number of aryl methyl sites for hydroxylation is 1. The number of benzene rings is 2. The maximum atomic E-state index is 12.8. The fourth-order valence-corrected chi connectivity index (χ4v) is 3.47. The van der Waals surface area contributed by atoms with Gasteiger partial charge in [0, 0.05) is 36.0 Å². The fraction of sp³-hybridized carbons (Fsp3) is 0.250. The SMILES string of the molecule is Cc1ccc(-n2nc(C(C)(C)C)cc2NC(=O)Nc2ccc(OCCc3ccncc3)cc2)cc1. The molecule has 4 rings (SSSR count). The first-order valence-corrected chi connectivity index (χ1v) is 11.7. The van der Waals surface area contributed by atoms with Crippen LogP contribution in [0.25, 0.3) is 5.69 Å². The molecule has 35 heavy (non-hydrogen) atoms. The number of urea groups is 1. The van der Waals surface area contributed by atoms with Gasteiger partial charge in [0.05, 0.1) is 18.0 Å². The minimum Gasteiger partial charge on any atom is -0.493 e. The van der Waals surface area contributed by atoms with E-state index in [0.29, 0.717) is 18.1 Å². The second-order valence-corrected chi connectivity index (χ2v) is 9.47. The molecule has 0 bridgehead atoms. The second-order valence-electron chi connectivity index (χ2n) is 9.47. The van der Waals surface area contributed by atoms with Crippen molar-refractivity contribution in [3.63, 3.8) is 0 Å². The lowest BCUT2D eigenvalue weighted by Gasteiger charge is -2.14. The topological polar surface area (TPSA) is 81.1 Å². The summed E-state index contributed by atoms with van der Waals surface area (Å²) in [4.78, 5) is 16.8. The molecule has 0 atom stereocenters. The van der Waals surface area contributed by atoms with Crippen molar-refractivity contribution in [1.82, 2.24) is 14.8 Å². The zero-order chi connectivity index (χ0) is 24.8. The number of nitrogens with zero attached hydrogens (tertiary/aromatic N) is 3. The molecule has 0 saturated carbocycles. The van der Waals surface area contributed by atoms with Crippen LogP contribution in [0.15, 0.2) is 79.1 Å². The van der Waals surface area contributed by atoms with E-state index >= 15 is 0 Å². The Morgan fingerprint density at radius 1 is 0.943 bits per heavy atom. The van der Waals surface area contributed by atoms with E-state index in [-0.39, 0.29) is 11.4 Å². The largest absolute Gasteiger partial charge is 0.493 e. The standard InChI is InChI=1S/C28H31N5O2/c1-20-5-9-23(10-6-20)33-26(19-25(32-33)28(2,3)4)31-27(34)30-22-7-11-24(12-8-22)35-18-15-21-13-16-29-17-14-21/h5-14,16-17,19H,15,18H2,1-4H3,(H2,30,31,34). The number of carbonyl (C=O) groups is 1. The summed E-state index contributed by atoms with van der Waals surface area (Å²) in [5.74, 6) is 1.35. The lowest BCUT2D eigenvalue weighted by atomic mass is 9.92. The Bertz CT molecular complexity index is 1260. The quantitative estimate of drug-likeness (QED) is 0.341. The van der Waals surface area contributed by atoms with Gasteiger partial charge in [-0.25, -0.2) is 9.48 Å². The maximum Gasteiger partial charge on any atom is 0.324 e. The number of nitrogens with one attached hydrogen (secondary N) is 2. The van der Waals surface area contributed by atoms with Crippen molar-refractivity contribution in [2.24, 2.45) is 0 Å². The summed E-state index contributed by atoms with van der Waals surface area (Å²) in [6, 6.07) is 20.9. The highest BCUT2D eigenvalue weighted by molar-refractivity contribution is 5.99.